The highest BCUT2D eigenvalue weighted by atomic mass is 35.5. The van der Waals surface area contributed by atoms with Gasteiger partial charge in [-0.3, -0.25) is 4.79 Å². The number of piperidine rings is 2. The quantitative estimate of drug-likeness (QED) is 0.563. The molecule has 2 heterocycles. The number of hydrogen-bond donors (Lipinski definition) is 2. The molecule has 2 amide bonds. The van der Waals surface area contributed by atoms with Gasteiger partial charge in [0.1, 0.15) is 11.4 Å². The number of likely N-dealkylation sites (tertiary alicyclic amines) is 1. The third kappa shape index (κ3) is 6.67. The number of halogens is 2. The molecule has 1 aromatic rings. The number of carbonyl (C=O) groups is 2. The summed E-state index contributed by atoms with van der Waals surface area (Å²) in [7, 11) is -4.24. The Morgan fingerprint density at radius 2 is 1.72 bits per heavy atom. The molecule has 202 valence electrons. The Labute approximate surface area is 216 Å². The van der Waals surface area contributed by atoms with E-state index in [0.29, 0.717) is 30.7 Å². The number of sulfonamides is 1. The molecule has 0 bridgehead atoms. The van der Waals surface area contributed by atoms with Crippen molar-refractivity contribution in [2.75, 3.05) is 26.2 Å². The average molecular weight is 548 g/mol. The van der Waals surface area contributed by atoms with Crippen LogP contribution in [0.2, 0.25) is 5.02 Å². The van der Waals surface area contributed by atoms with E-state index in [9.17, 15) is 27.5 Å². The number of aliphatic hydroxyl groups is 1. The van der Waals surface area contributed by atoms with E-state index in [2.05, 4.69) is 0 Å². The maximum atomic E-state index is 13.4. The summed E-state index contributed by atoms with van der Waals surface area (Å²) in [6.45, 7) is 6.07. The predicted octanol–water partition coefficient (Wildman–Crippen LogP) is 2.85. The second-order valence-electron chi connectivity index (χ2n) is 10.5. The first-order valence-corrected chi connectivity index (χ1v) is 14.0. The summed E-state index contributed by atoms with van der Waals surface area (Å²) in [4.78, 5) is 26.1. The molecule has 3 N–H and O–H groups in total. The molecule has 2 aliphatic rings. The number of aliphatic hydroxyl groups excluding tert-OH is 1. The summed E-state index contributed by atoms with van der Waals surface area (Å²) in [5.74, 6) is -2.13. The Bertz CT molecular complexity index is 1060. The molecule has 9 nitrogen and oxygen atoms in total. The topological polar surface area (TPSA) is 130 Å². The van der Waals surface area contributed by atoms with Crippen molar-refractivity contribution >= 4 is 33.6 Å². The van der Waals surface area contributed by atoms with Gasteiger partial charge in [0.2, 0.25) is 15.9 Å². The standard InChI is InChI=1S/C24H35ClFN3O6S/c1-24(2,3)35-23(32)28-10-6-16(7-11-28)20(30)21(22(27)31)36(33,34)29-12-8-15(9-13-29)18-5-4-17(26)14-19(18)25/h4-5,14-16,20-21,30H,6-13H2,1-3H3,(H2,27,31)/t20-,21?/m1/s1. The van der Waals surface area contributed by atoms with E-state index < -0.39 is 50.7 Å². The zero-order chi connectivity index (χ0) is 26.8. The third-order valence-corrected chi connectivity index (χ3v) is 9.37. The number of primary amides is 1. The molecule has 36 heavy (non-hydrogen) atoms. The first-order valence-electron chi connectivity index (χ1n) is 12.1. The van der Waals surface area contributed by atoms with Gasteiger partial charge in [0.05, 0.1) is 6.10 Å². The van der Waals surface area contributed by atoms with Crippen LogP contribution in [0, 0.1) is 11.7 Å². The summed E-state index contributed by atoms with van der Waals surface area (Å²) >= 11 is 6.17. The number of amides is 2. The Hall–Kier alpha value is -1.95. The van der Waals surface area contributed by atoms with Crippen LogP contribution < -0.4 is 5.73 Å². The molecule has 0 aromatic heterocycles. The largest absolute Gasteiger partial charge is 0.444 e. The van der Waals surface area contributed by atoms with Crippen LogP contribution in [-0.4, -0.2) is 77.9 Å². The van der Waals surface area contributed by atoms with Crippen LogP contribution in [0.4, 0.5) is 9.18 Å². The zero-order valence-electron chi connectivity index (χ0n) is 20.8. The van der Waals surface area contributed by atoms with Crippen molar-refractivity contribution in [3.63, 3.8) is 0 Å². The van der Waals surface area contributed by atoms with Gasteiger partial charge in [0.15, 0.2) is 5.25 Å². The predicted molar refractivity (Wildman–Crippen MR) is 133 cm³/mol. The minimum absolute atomic E-state index is 0.0568. The van der Waals surface area contributed by atoms with Gasteiger partial charge < -0.3 is 20.5 Å². The molecule has 1 aromatic carbocycles. The van der Waals surface area contributed by atoms with Crippen molar-refractivity contribution < 1.29 is 32.2 Å². The summed E-state index contributed by atoms with van der Waals surface area (Å²) < 4.78 is 46.7. The number of rotatable bonds is 6. The molecule has 0 saturated carbocycles. The van der Waals surface area contributed by atoms with E-state index in [1.165, 1.54) is 21.3 Å². The van der Waals surface area contributed by atoms with Gasteiger partial charge in [-0.25, -0.2) is 21.9 Å². The van der Waals surface area contributed by atoms with Crippen molar-refractivity contribution in [1.29, 1.82) is 0 Å². The highest BCUT2D eigenvalue weighted by Gasteiger charge is 2.46. The molecule has 3 rings (SSSR count). The fourth-order valence-corrected chi connectivity index (χ4v) is 7.13. The van der Waals surface area contributed by atoms with E-state index in [0.717, 1.165) is 5.56 Å². The Balaban J connectivity index is 1.64. The molecule has 0 spiro atoms. The lowest BCUT2D eigenvalue weighted by atomic mass is 9.89. The van der Waals surface area contributed by atoms with Crippen molar-refractivity contribution in [1.82, 2.24) is 9.21 Å². The molecule has 0 radical (unpaired) electrons. The monoisotopic (exact) mass is 547 g/mol. The SMILES string of the molecule is CC(C)(C)OC(=O)N1CCC([C@@H](O)C(C(N)=O)S(=O)(=O)N2CCC(c3ccc(F)cc3Cl)CC2)CC1. The van der Waals surface area contributed by atoms with E-state index in [-0.39, 0.29) is 32.1 Å². The minimum Gasteiger partial charge on any atom is -0.444 e. The lowest BCUT2D eigenvalue weighted by molar-refractivity contribution is -0.120. The van der Waals surface area contributed by atoms with Crippen molar-refractivity contribution in [3.05, 3.63) is 34.6 Å². The maximum Gasteiger partial charge on any atom is 0.410 e. The molecule has 2 atom stereocenters. The summed E-state index contributed by atoms with van der Waals surface area (Å²) in [6.07, 6.45) is -0.493. The van der Waals surface area contributed by atoms with Gasteiger partial charge >= 0.3 is 6.09 Å². The minimum atomic E-state index is -4.24. The molecule has 12 heteroatoms. The molecule has 0 aliphatic carbocycles. The molecule has 2 saturated heterocycles. The van der Waals surface area contributed by atoms with Gasteiger partial charge in [-0.05, 0) is 76.0 Å². The molecular weight excluding hydrogens is 513 g/mol. The normalized spacial score (nSPS) is 20.7. The van der Waals surface area contributed by atoms with Crippen molar-refractivity contribution in [3.8, 4) is 0 Å². The fraction of sp³-hybridized carbons (Fsp3) is 0.667. The highest BCUT2D eigenvalue weighted by molar-refractivity contribution is 7.90. The van der Waals surface area contributed by atoms with Crippen LogP contribution in [0.3, 0.4) is 0 Å². The molecule has 2 aliphatic heterocycles. The summed E-state index contributed by atoms with van der Waals surface area (Å²) in [6, 6.07) is 4.15. The lowest BCUT2D eigenvalue weighted by Gasteiger charge is -2.38. The smallest absolute Gasteiger partial charge is 0.410 e. The van der Waals surface area contributed by atoms with Crippen molar-refractivity contribution in [2.45, 2.75) is 69.3 Å². The van der Waals surface area contributed by atoms with Crippen LogP contribution in [0.25, 0.3) is 0 Å². The number of hydrogen-bond acceptors (Lipinski definition) is 6. The second kappa shape index (κ2) is 11.2. The average Bonchev–Trinajstić information content (AvgIpc) is 2.78. The first kappa shape index (κ1) is 28.6. The van der Waals surface area contributed by atoms with Crippen LogP contribution in [-0.2, 0) is 19.6 Å². The number of nitrogens with two attached hydrogens (primary N) is 1. The van der Waals surface area contributed by atoms with Gasteiger partial charge in [-0.1, -0.05) is 17.7 Å². The van der Waals surface area contributed by atoms with Gasteiger partial charge in [0, 0.05) is 31.2 Å². The molecule has 1 unspecified atom stereocenters. The van der Waals surface area contributed by atoms with Crippen LogP contribution in [0.5, 0.6) is 0 Å². The van der Waals surface area contributed by atoms with Crippen LogP contribution in [0.15, 0.2) is 18.2 Å². The zero-order valence-corrected chi connectivity index (χ0v) is 22.4. The van der Waals surface area contributed by atoms with E-state index in [4.69, 9.17) is 22.1 Å². The number of benzene rings is 1. The maximum absolute atomic E-state index is 13.4. The van der Waals surface area contributed by atoms with E-state index in [1.54, 1.807) is 26.8 Å². The number of nitrogens with zero attached hydrogens (tertiary/aromatic N) is 2. The van der Waals surface area contributed by atoms with Gasteiger partial charge in [0.25, 0.3) is 0 Å². The third-order valence-electron chi connectivity index (χ3n) is 6.80. The molecule has 2 fully saturated rings. The summed E-state index contributed by atoms with van der Waals surface area (Å²) in [5.41, 5.74) is 5.60. The number of ether oxygens (including phenoxy) is 1. The van der Waals surface area contributed by atoms with E-state index in [1.807, 2.05) is 0 Å². The summed E-state index contributed by atoms with van der Waals surface area (Å²) in [5, 5.41) is 9.48. The van der Waals surface area contributed by atoms with Crippen LogP contribution >= 0.6 is 11.6 Å². The van der Waals surface area contributed by atoms with Crippen LogP contribution in [0.1, 0.15) is 57.9 Å². The second-order valence-corrected chi connectivity index (χ2v) is 13.0. The Kier molecular flexibility index (Phi) is 8.91. The van der Waals surface area contributed by atoms with Crippen molar-refractivity contribution in [2.24, 2.45) is 11.7 Å². The fourth-order valence-electron chi connectivity index (χ4n) is 4.90. The van der Waals surface area contributed by atoms with E-state index >= 15 is 0 Å². The number of carbonyl (C=O) groups excluding carboxylic acids is 2. The highest BCUT2D eigenvalue weighted by Crippen LogP contribution is 2.35. The van der Waals surface area contributed by atoms with Gasteiger partial charge in [-0.15, -0.1) is 0 Å². The Morgan fingerprint density at radius 1 is 1.14 bits per heavy atom. The lowest BCUT2D eigenvalue weighted by Crippen LogP contribution is -2.56. The van der Waals surface area contributed by atoms with Gasteiger partial charge in [-0.2, -0.15) is 0 Å². The first-order chi connectivity index (χ1) is 16.7. The molecular formula is C24H35ClFN3O6S. The Morgan fingerprint density at radius 3 is 2.22 bits per heavy atom.